The molecule has 0 saturated heterocycles. The molecule has 0 aliphatic rings. The van der Waals surface area contributed by atoms with Gasteiger partial charge >= 0.3 is 0 Å². The first-order valence-electron chi connectivity index (χ1n) is 5.92. The van der Waals surface area contributed by atoms with Crippen LogP contribution in [0.2, 0.25) is 0 Å². The van der Waals surface area contributed by atoms with Crippen molar-refractivity contribution in [2.75, 3.05) is 7.11 Å². The number of furan rings is 1. The van der Waals surface area contributed by atoms with E-state index >= 15 is 0 Å². The molecule has 1 amide bonds. The molecule has 0 aliphatic carbocycles. The number of amides is 1. The molecule has 0 aliphatic heterocycles. The van der Waals surface area contributed by atoms with Gasteiger partial charge < -0.3 is 19.6 Å². The summed E-state index contributed by atoms with van der Waals surface area (Å²) in [6.07, 6.45) is 0. The van der Waals surface area contributed by atoms with Crippen molar-refractivity contribution in [3.05, 3.63) is 47.4 Å². The topological polar surface area (TPSA) is 71.7 Å². The number of alkyl halides is 1. The Bertz CT molecular complexity index is 609. The molecule has 2 N–H and O–H groups in total. The Kier molecular flexibility index (Phi) is 4.53. The van der Waals surface area contributed by atoms with Crippen LogP contribution in [0.5, 0.6) is 11.5 Å². The van der Waals surface area contributed by atoms with E-state index < -0.39 is 0 Å². The van der Waals surface area contributed by atoms with Gasteiger partial charge in [0.25, 0.3) is 5.91 Å². The number of aromatic hydroxyl groups is 1. The largest absolute Gasteiger partial charge is 0.504 e. The Hall–Kier alpha value is -2.14. The monoisotopic (exact) mass is 295 g/mol. The molecule has 0 spiro atoms. The Morgan fingerprint density at radius 2 is 2.20 bits per heavy atom. The lowest BCUT2D eigenvalue weighted by Crippen LogP contribution is -2.22. The molecule has 106 valence electrons. The summed E-state index contributed by atoms with van der Waals surface area (Å²) in [5, 5.41) is 12.3. The summed E-state index contributed by atoms with van der Waals surface area (Å²) in [5.74, 6) is 1.05. The van der Waals surface area contributed by atoms with Crippen molar-refractivity contribution in [2.45, 2.75) is 12.4 Å². The standard InChI is InChI=1S/C14H14ClNO4/c1-19-12-4-2-9(6-11(12)17)8-16-14(18)13-5-3-10(7-15)20-13/h2-6,17H,7-8H2,1H3,(H,16,18). The lowest BCUT2D eigenvalue weighted by molar-refractivity contribution is 0.0921. The van der Waals surface area contributed by atoms with Crippen LogP contribution < -0.4 is 10.1 Å². The fourth-order valence-electron chi connectivity index (χ4n) is 1.69. The summed E-state index contributed by atoms with van der Waals surface area (Å²) in [5.41, 5.74) is 0.751. The van der Waals surface area contributed by atoms with Crippen molar-refractivity contribution in [1.82, 2.24) is 5.32 Å². The van der Waals surface area contributed by atoms with Crippen LogP contribution in [-0.2, 0) is 12.4 Å². The highest BCUT2D eigenvalue weighted by Gasteiger charge is 2.11. The number of hydrogen-bond acceptors (Lipinski definition) is 4. The van der Waals surface area contributed by atoms with Crippen LogP contribution in [0, 0.1) is 0 Å². The second-order valence-corrected chi connectivity index (χ2v) is 4.36. The summed E-state index contributed by atoms with van der Waals surface area (Å²) in [6, 6.07) is 8.14. The minimum atomic E-state index is -0.336. The molecule has 0 unspecified atom stereocenters. The van der Waals surface area contributed by atoms with Crippen LogP contribution >= 0.6 is 11.6 Å². The number of ether oxygens (including phenoxy) is 1. The Morgan fingerprint density at radius 1 is 1.40 bits per heavy atom. The number of hydrogen-bond donors (Lipinski definition) is 2. The summed E-state index contributed by atoms with van der Waals surface area (Å²) in [6.45, 7) is 0.271. The number of methoxy groups -OCH3 is 1. The minimum absolute atomic E-state index is 0.0293. The molecule has 0 bridgehead atoms. The van der Waals surface area contributed by atoms with Gasteiger partial charge in [-0.3, -0.25) is 4.79 Å². The van der Waals surface area contributed by atoms with Crippen LogP contribution in [0.25, 0.3) is 0 Å². The lowest BCUT2D eigenvalue weighted by Gasteiger charge is -2.07. The highest BCUT2D eigenvalue weighted by molar-refractivity contribution is 6.16. The number of rotatable bonds is 5. The molecule has 0 saturated carbocycles. The Morgan fingerprint density at radius 3 is 2.80 bits per heavy atom. The summed E-state index contributed by atoms with van der Waals surface area (Å²) < 4.78 is 10.2. The molecule has 20 heavy (non-hydrogen) atoms. The second kappa shape index (κ2) is 6.34. The van der Waals surface area contributed by atoms with E-state index in [1.165, 1.54) is 13.2 Å². The van der Waals surface area contributed by atoms with Gasteiger partial charge in [0.15, 0.2) is 17.3 Å². The number of phenols is 1. The third-order valence-corrected chi connectivity index (χ3v) is 2.98. The second-order valence-electron chi connectivity index (χ2n) is 4.09. The third-order valence-electron chi connectivity index (χ3n) is 2.71. The van der Waals surface area contributed by atoms with Crippen molar-refractivity contribution in [3.8, 4) is 11.5 Å². The minimum Gasteiger partial charge on any atom is -0.504 e. The van der Waals surface area contributed by atoms with Crippen LogP contribution in [0.3, 0.4) is 0 Å². The molecule has 2 aromatic rings. The highest BCUT2D eigenvalue weighted by atomic mass is 35.5. The maximum absolute atomic E-state index is 11.8. The lowest BCUT2D eigenvalue weighted by atomic mass is 10.2. The molecule has 1 heterocycles. The zero-order chi connectivity index (χ0) is 14.5. The molecule has 6 heteroatoms. The quantitative estimate of drug-likeness (QED) is 0.832. The zero-order valence-corrected chi connectivity index (χ0v) is 11.6. The van der Waals surface area contributed by atoms with Crippen molar-refractivity contribution in [1.29, 1.82) is 0 Å². The van der Waals surface area contributed by atoms with E-state index in [-0.39, 0.29) is 29.8 Å². The van der Waals surface area contributed by atoms with E-state index in [0.29, 0.717) is 11.5 Å². The maximum atomic E-state index is 11.8. The van der Waals surface area contributed by atoms with E-state index in [4.69, 9.17) is 20.8 Å². The van der Waals surface area contributed by atoms with Gasteiger partial charge in [0.05, 0.1) is 13.0 Å². The SMILES string of the molecule is COc1ccc(CNC(=O)c2ccc(CCl)o2)cc1O. The normalized spacial score (nSPS) is 10.3. The van der Waals surface area contributed by atoms with Crippen LogP contribution in [0.1, 0.15) is 21.9 Å². The molecule has 1 aromatic heterocycles. The van der Waals surface area contributed by atoms with Crippen molar-refractivity contribution < 1.29 is 19.1 Å². The van der Waals surface area contributed by atoms with Crippen LogP contribution in [-0.4, -0.2) is 18.1 Å². The molecule has 0 fully saturated rings. The molecular formula is C14H14ClNO4. The van der Waals surface area contributed by atoms with Gasteiger partial charge in [0, 0.05) is 6.54 Å². The molecule has 0 atom stereocenters. The van der Waals surface area contributed by atoms with Gasteiger partial charge in [-0.2, -0.15) is 0 Å². The Balaban J connectivity index is 1.97. The van der Waals surface area contributed by atoms with Crippen molar-refractivity contribution in [3.63, 3.8) is 0 Å². The number of carbonyl (C=O) groups is 1. The number of phenolic OH excluding ortho intramolecular Hbond substituents is 1. The van der Waals surface area contributed by atoms with Crippen LogP contribution in [0.15, 0.2) is 34.7 Å². The average molecular weight is 296 g/mol. The first-order valence-corrected chi connectivity index (χ1v) is 6.46. The van der Waals surface area contributed by atoms with E-state index in [9.17, 15) is 9.90 Å². The molecule has 1 aromatic carbocycles. The highest BCUT2D eigenvalue weighted by Crippen LogP contribution is 2.26. The third kappa shape index (κ3) is 3.24. The van der Waals surface area contributed by atoms with Crippen LogP contribution in [0.4, 0.5) is 0 Å². The van der Waals surface area contributed by atoms with Gasteiger partial charge in [-0.05, 0) is 29.8 Å². The Labute approximate surface area is 121 Å². The summed E-state index contributed by atoms with van der Waals surface area (Å²) >= 11 is 5.60. The summed E-state index contributed by atoms with van der Waals surface area (Å²) in [7, 11) is 1.47. The fraction of sp³-hybridized carbons (Fsp3) is 0.214. The van der Waals surface area contributed by atoms with Gasteiger partial charge in [-0.15, -0.1) is 11.6 Å². The number of carbonyl (C=O) groups excluding carboxylic acids is 1. The van der Waals surface area contributed by atoms with E-state index in [1.54, 1.807) is 24.3 Å². The number of halogens is 1. The molecular weight excluding hydrogens is 282 g/mol. The first-order chi connectivity index (χ1) is 9.63. The first kappa shape index (κ1) is 14.3. The fourth-order valence-corrected chi connectivity index (χ4v) is 1.83. The van der Waals surface area contributed by atoms with Gasteiger partial charge in [-0.1, -0.05) is 6.07 Å². The number of benzene rings is 1. The van der Waals surface area contributed by atoms with Crippen molar-refractivity contribution >= 4 is 17.5 Å². The van der Waals surface area contributed by atoms with E-state index in [2.05, 4.69) is 5.32 Å². The van der Waals surface area contributed by atoms with Gasteiger partial charge in [0.1, 0.15) is 5.76 Å². The predicted octanol–water partition coefficient (Wildman–Crippen LogP) is 2.66. The van der Waals surface area contributed by atoms with Gasteiger partial charge in [0.2, 0.25) is 0 Å². The maximum Gasteiger partial charge on any atom is 0.287 e. The van der Waals surface area contributed by atoms with Crippen molar-refractivity contribution in [2.24, 2.45) is 0 Å². The average Bonchev–Trinajstić information content (AvgIpc) is 2.94. The predicted molar refractivity (Wildman–Crippen MR) is 74.1 cm³/mol. The van der Waals surface area contributed by atoms with E-state index in [1.807, 2.05) is 0 Å². The molecule has 0 radical (unpaired) electrons. The van der Waals surface area contributed by atoms with Gasteiger partial charge in [-0.25, -0.2) is 0 Å². The smallest absolute Gasteiger partial charge is 0.287 e. The zero-order valence-electron chi connectivity index (χ0n) is 10.9. The summed E-state index contributed by atoms with van der Waals surface area (Å²) in [4.78, 5) is 11.8. The molecule has 2 rings (SSSR count). The molecule has 5 nitrogen and oxygen atoms in total. The van der Waals surface area contributed by atoms with E-state index in [0.717, 1.165) is 5.56 Å². The number of nitrogens with one attached hydrogen (secondary N) is 1.